The van der Waals surface area contributed by atoms with E-state index in [-0.39, 0.29) is 18.9 Å². The fraction of sp³-hybridized carbons (Fsp3) is 0.348. The molecule has 0 spiro atoms. The van der Waals surface area contributed by atoms with E-state index < -0.39 is 17.9 Å². The van der Waals surface area contributed by atoms with Crippen molar-refractivity contribution in [2.75, 3.05) is 39.3 Å². The lowest BCUT2D eigenvalue weighted by Gasteiger charge is -2.36. The number of quaternary nitrogens is 1. The second-order valence-corrected chi connectivity index (χ2v) is 7.78. The number of amides is 3. The number of piperazine rings is 1. The third kappa shape index (κ3) is 3.86. The molecule has 156 valence electrons. The van der Waals surface area contributed by atoms with Crippen molar-refractivity contribution < 1.29 is 24.4 Å². The zero-order chi connectivity index (χ0) is 21.1. The predicted octanol–water partition coefficient (Wildman–Crippen LogP) is -0.387. The van der Waals surface area contributed by atoms with Gasteiger partial charge in [-0.3, -0.25) is 19.3 Å². The van der Waals surface area contributed by atoms with E-state index in [2.05, 4.69) is 0 Å². The van der Waals surface area contributed by atoms with Crippen molar-refractivity contribution in [2.45, 2.75) is 12.5 Å². The Morgan fingerprint density at radius 1 is 0.933 bits per heavy atom. The minimum absolute atomic E-state index is 0.120. The molecule has 2 aromatic carbocycles. The molecule has 2 heterocycles. The van der Waals surface area contributed by atoms with Crippen molar-refractivity contribution in [1.29, 1.82) is 0 Å². The Kier molecular flexibility index (Phi) is 5.92. The first-order valence-electron chi connectivity index (χ1n) is 10.3. The Labute approximate surface area is 175 Å². The summed E-state index contributed by atoms with van der Waals surface area (Å²) in [5, 5.41) is 9.15. The van der Waals surface area contributed by atoms with Crippen molar-refractivity contribution in [3.63, 3.8) is 0 Å². The summed E-state index contributed by atoms with van der Waals surface area (Å²) in [5.41, 5.74) is 1.60. The highest BCUT2D eigenvalue weighted by Gasteiger charge is 2.44. The molecule has 1 saturated heterocycles. The van der Waals surface area contributed by atoms with Crippen LogP contribution < -0.4 is 4.90 Å². The summed E-state index contributed by atoms with van der Waals surface area (Å²) in [7, 11) is 0. The Morgan fingerprint density at radius 2 is 1.50 bits per heavy atom. The van der Waals surface area contributed by atoms with Crippen LogP contribution in [0.15, 0.2) is 54.6 Å². The largest absolute Gasteiger partial charge is 0.391 e. The standard InChI is InChI=1S/C23H25N3O4/c27-15-14-24-10-12-25(13-11-24)23(30)20(16-17-6-2-1-3-7-17)26-21(28)18-8-4-5-9-19(18)22(26)29/h1-9,20,27H,10-16H2/p+1/t20-/m1/s1. The number of imide groups is 1. The highest BCUT2D eigenvalue weighted by Crippen LogP contribution is 2.26. The molecule has 7 heteroatoms. The minimum Gasteiger partial charge on any atom is -0.391 e. The number of fused-ring (bicyclic) bond motifs is 1. The molecule has 2 aliphatic rings. The summed E-state index contributed by atoms with van der Waals surface area (Å²) >= 11 is 0. The van der Waals surface area contributed by atoms with Gasteiger partial charge >= 0.3 is 0 Å². The van der Waals surface area contributed by atoms with Crippen LogP contribution in [0.2, 0.25) is 0 Å². The number of aliphatic hydroxyl groups is 1. The van der Waals surface area contributed by atoms with Crippen LogP contribution in [-0.2, 0) is 11.2 Å². The van der Waals surface area contributed by atoms with Crippen molar-refractivity contribution >= 4 is 17.7 Å². The van der Waals surface area contributed by atoms with E-state index in [4.69, 9.17) is 5.11 Å². The van der Waals surface area contributed by atoms with Gasteiger partial charge in [0, 0.05) is 6.42 Å². The molecule has 0 bridgehead atoms. The van der Waals surface area contributed by atoms with Gasteiger partial charge in [-0.1, -0.05) is 42.5 Å². The molecule has 0 aromatic heterocycles. The number of benzene rings is 2. The van der Waals surface area contributed by atoms with Gasteiger partial charge in [0.25, 0.3) is 11.8 Å². The summed E-state index contributed by atoms with van der Waals surface area (Å²) in [4.78, 5) is 43.8. The zero-order valence-electron chi connectivity index (χ0n) is 16.8. The first kappa shape index (κ1) is 20.3. The lowest BCUT2D eigenvalue weighted by atomic mass is 10.0. The van der Waals surface area contributed by atoms with Crippen LogP contribution in [-0.4, -0.2) is 78.0 Å². The van der Waals surface area contributed by atoms with Crippen LogP contribution in [0.3, 0.4) is 0 Å². The fourth-order valence-electron chi connectivity index (χ4n) is 4.28. The molecule has 7 nitrogen and oxygen atoms in total. The number of nitrogens with zero attached hydrogens (tertiary/aromatic N) is 2. The topological polar surface area (TPSA) is 82.4 Å². The molecule has 2 aromatic rings. The van der Waals surface area contributed by atoms with Crippen molar-refractivity contribution in [1.82, 2.24) is 9.80 Å². The van der Waals surface area contributed by atoms with Gasteiger partial charge in [0.05, 0.1) is 43.9 Å². The number of rotatable bonds is 6. The molecule has 0 unspecified atom stereocenters. The van der Waals surface area contributed by atoms with Crippen LogP contribution in [0, 0.1) is 0 Å². The Morgan fingerprint density at radius 3 is 2.07 bits per heavy atom. The highest BCUT2D eigenvalue weighted by atomic mass is 16.3. The highest BCUT2D eigenvalue weighted by molar-refractivity contribution is 6.22. The molecule has 0 radical (unpaired) electrons. The monoisotopic (exact) mass is 408 g/mol. The SMILES string of the molecule is O=C([C@@H](Cc1ccccc1)N1C(=O)c2ccccc2C1=O)N1CC[NH+](CCO)CC1. The van der Waals surface area contributed by atoms with E-state index in [0.717, 1.165) is 23.6 Å². The van der Waals surface area contributed by atoms with Gasteiger partial charge in [0.1, 0.15) is 12.6 Å². The number of carbonyl (C=O) groups is 3. The van der Waals surface area contributed by atoms with Gasteiger partial charge in [-0.15, -0.1) is 0 Å². The third-order valence-corrected chi connectivity index (χ3v) is 5.94. The molecule has 0 saturated carbocycles. The Hall–Kier alpha value is -3.03. The molecule has 1 atom stereocenters. The third-order valence-electron chi connectivity index (χ3n) is 5.94. The van der Waals surface area contributed by atoms with Crippen molar-refractivity contribution in [3.8, 4) is 0 Å². The maximum atomic E-state index is 13.5. The van der Waals surface area contributed by atoms with Gasteiger partial charge in [-0.2, -0.15) is 0 Å². The predicted molar refractivity (Wildman–Crippen MR) is 110 cm³/mol. The maximum absolute atomic E-state index is 13.5. The first-order valence-corrected chi connectivity index (χ1v) is 10.3. The molecule has 2 N–H and O–H groups in total. The molecule has 4 rings (SSSR count). The van der Waals surface area contributed by atoms with E-state index in [0.29, 0.717) is 30.8 Å². The van der Waals surface area contributed by atoms with Gasteiger partial charge in [0.2, 0.25) is 5.91 Å². The second-order valence-electron chi connectivity index (χ2n) is 7.78. The molecule has 0 aliphatic carbocycles. The molecular weight excluding hydrogens is 382 g/mol. The molecule has 30 heavy (non-hydrogen) atoms. The van der Waals surface area contributed by atoms with Crippen LogP contribution in [0.5, 0.6) is 0 Å². The van der Waals surface area contributed by atoms with Crippen molar-refractivity contribution in [3.05, 3.63) is 71.3 Å². The number of nitrogens with one attached hydrogen (secondary N) is 1. The maximum Gasteiger partial charge on any atom is 0.262 e. The molecule has 1 fully saturated rings. The summed E-state index contributed by atoms with van der Waals surface area (Å²) in [6.45, 7) is 3.35. The summed E-state index contributed by atoms with van der Waals surface area (Å²) in [6.07, 6.45) is 0.287. The molecule has 2 aliphatic heterocycles. The normalized spacial score (nSPS) is 17.9. The Balaban J connectivity index is 1.60. The average molecular weight is 408 g/mol. The quantitative estimate of drug-likeness (QED) is 0.638. The smallest absolute Gasteiger partial charge is 0.262 e. The second kappa shape index (κ2) is 8.77. The first-order chi connectivity index (χ1) is 14.6. The summed E-state index contributed by atoms with van der Waals surface area (Å²) < 4.78 is 0. The minimum atomic E-state index is -0.876. The van der Waals surface area contributed by atoms with Gasteiger partial charge in [0.15, 0.2) is 0 Å². The van der Waals surface area contributed by atoms with Crippen LogP contribution in [0.1, 0.15) is 26.3 Å². The van der Waals surface area contributed by atoms with Crippen LogP contribution >= 0.6 is 0 Å². The summed E-state index contributed by atoms with van der Waals surface area (Å²) in [6, 6.07) is 15.3. The lowest BCUT2D eigenvalue weighted by molar-refractivity contribution is -0.904. The van der Waals surface area contributed by atoms with E-state index in [1.165, 1.54) is 4.90 Å². The van der Waals surface area contributed by atoms with Crippen molar-refractivity contribution in [2.24, 2.45) is 0 Å². The molecular formula is C23H26N3O4+. The summed E-state index contributed by atoms with van der Waals surface area (Å²) in [5.74, 6) is -1.01. The number of aliphatic hydroxyl groups excluding tert-OH is 1. The zero-order valence-corrected chi connectivity index (χ0v) is 16.8. The molecule has 3 amide bonds. The van der Waals surface area contributed by atoms with E-state index in [1.807, 2.05) is 30.3 Å². The number of hydrogen-bond acceptors (Lipinski definition) is 4. The van der Waals surface area contributed by atoms with E-state index in [1.54, 1.807) is 29.2 Å². The van der Waals surface area contributed by atoms with Gasteiger partial charge in [-0.05, 0) is 17.7 Å². The fourth-order valence-corrected chi connectivity index (χ4v) is 4.28. The van der Waals surface area contributed by atoms with Crippen LogP contribution in [0.4, 0.5) is 0 Å². The lowest BCUT2D eigenvalue weighted by Crippen LogP contribution is -3.15. The Bertz CT molecular complexity index is 903. The van der Waals surface area contributed by atoms with E-state index >= 15 is 0 Å². The number of carbonyl (C=O) groups excluding carboxylic acids is 3. The van der Waals surface area contributed by atoms with Gasteiger partial charge < -0.3 is 14.9 Å². The number of hydrogen-bond donors (Lipinski definition) is 2. The van der Waals surface area contributed by atoms with Gasteiger partial charge in [-0.25, -0.2) is 0 Å². The van der Waals surface area contributed by atoms with Crippen LogP contribution in [0.25, 0.3) is 0 Å². The van der Waals surface area contributed by atoms with E-state index in [9.17, 15) is 14.4 Å². The average Bonchev–Trinajstić information content (AvgIpc) is 3.03.